The van der Waals surface area contributed by atoms with Crippen LogP contribution in [0.3, 0.4) is 0 Å². The zero-order valence-electron chi connectivity index (χ0n) is 10.8. The fourth-order valence-corrected chi connectivity index (χ4v) is 2.02. The van der Waals surface area contributed by atoms with Crippen molar-refractivity contribution in [3.05, 3.63) is 35.4 Å². The predicted molar refractivity (Wildman–Crippen MR) is 70.0 cm³/mol. The van der Waals surface area contributed by atoms with Gasteiger partial charge in [0.15, 0.2) is 0 Å². The molecule has 0 unspecified atom stereocenters. The molecule has 0 spiro atoms. The Bertz CT molecular complexity index is 643. The number of rotatable bonds is 2. The molecule has 6 heteroatoms. The van der Waals surface area contributed by atoms with E-state index in [2.05, 4.69) is 9.47 Å². The Labute approximate surface area is 114 Å². The van der Waals surface area contributed by atoms with Gasteiger partial charge in [-0.05, 0) is 24.3 Å². The second-order valence-electron chi connectivity index (χ2n) is 4.00. The van der Waals surface area contributed by atoms with Crippen molar-refractivity contribution in [2.24, 2.45) is 0 Å². The molecule has 0 aliphatic rings. The first-order valence-corrected chi connectivity index (χ1v) is 5.65. The minimum Gasteiger partial charge on any atom is -0.507 e. The van der Waals surface area contributed by atoms with E-state index in [1.165, 1.54) is 38.5 Å². The van der Waals surface area contributed by atoms with Gasteiger partial charge in [0.25, 0.3) is 0 Å². The zero-order chi connectivity index (χ0) is 14.9. The lowest BCUT2D eigenvalue weighted by Gasteiger charge is -2.11. The quantitative estimate of drug-likeness (QED) is 0.813. The summed E-state index contributed by atoms with van der Waals surface area (Å²) in [6.07, 6.45) is 0. The second kappa shape index (κ2) is 5.08. The molecule has 20 heavy (non-hydrogen) atoms. The summed E-state index contributed by atoms with van der Waals surface area (Å²) in [6.45, 7) is 0. The Balaban J connectivity index is 2.92. The molecular weight excluding hydrogens is 264 g/mol. The lowest BCUT2D eigenvalue weighted by molar-refractivity contribution is 0.0592. The van der Waals surface area contributed by atoms with Crippen LogP contribution in [0.4, 0.5) is 0 Å². The molecule has 6 nitrogen and oxygen atoms in total. The van der Waals surface area contributed by atoms with Gasteiger partial charge in [-0.3, -0.25) is 0 Å². The fraction of sp³-hybridized carbons (Fsp3) is 0.143. The number of benzene rings is 2. The Morgan fingerprint density at radius 1 is 0.800 bits per heavy atom. The molecule has 0 aliphatic heterocycles. The van der Waals surface area contributed by atoms with Crippen LogP contribution in [0.25, 0.3) is 10.8 Å². The Morgan fingerprint density at radius 3 is 1.45 bits per heavy atom. The van der Waals surface area contributed by atoms with Crippen molar-refractivity contribution in [2.45, 2.75) is 0 Å². The molecular formula is C14H12O6. The molecule has 2 aromatic rings. The Hall–Kier alpha value is -2.76. The van der Waals surface area contributed by atoms with Crippen LogP contribution in [0, 0.1) is 0 Å². The van der Waals surface area contributed by atoms with E-state index in [9.17, 15) is 19.8 Å². The second-order valence-corrected chi connectivity index (χ2v) is 4.00. The highest BCUT2D eigenvalue weighted by molar-refractivity contribution is 6.15. The van der Waals surface area contributed by atoms with E-state index >= 15 is 0 Å². The molecule has 0 radical (unpaired) electrons. The standard InChI is InChI=1S/C14H12O6/c1-19-13(17)7-3-5-10(16)12-8(14(18)20-2)4-6-9(15)11(7)12/h3-6,15-16H,1-2H3. The van der Waals surface area contributed by atoms with Gasteiger partial charge in [-0.1, -0.05) is 0 Å². The first kappa shape index (κ1) is 13.7. The third-order valence-corrected chi connectivity index (χ3v) is 2.93. The lowest BCUT2D eigenvalue weighted by atomic mass is 9.98. The van der Waals surface area contributed by atoms with Crippen LogP contribution in [-0.4, -0.2) is 36.4 Å². The highest BCUT2D eigenvalue weighted by Crippen LogP contribution is 2.37. The number of methoxy groups -OCH3 is 2. The van der Waals surface area contributed by atoms with Gasteiger partial charge in [0.2, 0.25) is 0 Å². The number of aromatic hydroxyl groups is 2. The van der Waals surface area contributed by atoms with E-state index in [0.29, 0.717) is 0 Å². The summed E-state index contributed by atoms with van der Waals surface area (Å²) < 4.78 is 9.24. The van der Waals surface area contributed by atoms with Crippen molar-refractivity contribution in [3.63, 3.8) is 0 Å². The van der Waals surface area contributed by atoms with Crippen molar-refractivity contribution in [2.75, 3.05) is 14.2 Å². The summed E-state index contributed by atoms with van der Waals surface area (Å²) in [6, 6.07) is 5.12. The summed E-state index contributed by atoms with van der Waals surface area (Å²) >= 11 is 0. The average molecular weight is 276 g/mol. The first-order valence-electron chi connectivity index (χ1n) is 5.65. The van der Waals surface area contributed by atoms with E-state index in [1.54, 1.807) is 0 Å². The molecule has 2 aromatic carbocycles. The molecule has 0 bridgehead atoms. The molecule has 0 heterocycles. The van der Waals surface area contributed by atoms with Crippen molar-refractivity contribution >= 4 is 22.7 Å². The molecule has 104 valence electrons. The highest BCUT2D eigenvalue weighted by atomic mass is 16.5. The van der Waals surface area contributed by atoms with Gasteiger partial charge in [0.05, 0.1) is 25.3 Å². The smallest absolute Gasteiger partial charge is 0.338 e. The van der Waals surface area contributed by atoms with E-state index in [1.807, 2.05) is 0 Å². The number of carbonyl (C=O) groups is 2. The molecule has 0 amide bonds. The molecule has 0 atom stereocenters. The van der Waals surface area contributed by atoms with Gasteiger partial charge in [-0.15, -0.1) is 0 Å². The zero-order valence-corrected chi connectivity index (χ0v) is 10.8. The summed E-state index contributed by atoms with van der Waals surface area (Å²) in [5, 5.41) is 19.9. The fourth-order valence-electron chi connectivity index (χ4n) is 2.02. The van der Waals surface area contributed by atoms with E-state index < -0.39 is 11.9 Å². The van der Waals surface area contributed by atoms with E-state index in [4.69, 9.17) is 0 Å². The lowest BCUT2D eigenvalue weighted by Crippen LogP contribution is -2.06. The van der Waals surface area contributed by atoms with Crippen LogP contribution in [0.5, 0.6) is 11.5 Å². The van der Waals surface area contributed by atoms with Crippen molar-refractivity contribution in [3.8, 4) is 11.5 Å². The number of hydrogen-bond acceptors (Lipinski definition) is 6. The number of esters is 2. The number of phenolic OH excluding ortho intramolecular Hbond substituents is 2. The molecule has 0 aromatic heterocycles. The molecule has 2 N–H and O–H groups in total. The van der Waals surface area contributed by atoms with E-state index in [-0.39, 0.29) is 33.4 Å². The number of phenols is 2. The number of hydrogen-bond donors (Lipinski definition) is 2. The van der Waals surface area contributed by atoms with E-state index in [0.717, 1.165) is 0 Å². The number of carbonyl (C=O) groups excluding carboxylic acids is 2. The van der Waals surface area contributed by atoms with Crippen LogP contribution in [0.1, 0.15) is 20.7 Å². The Morgan fingerprint density at radius 2 is 1.15 bits per heavy atom. The maximum absolute atomic E-state index is 11.7. The van der Waals surface area contributed by atoms with Gasteiger partial charge in [-0.25, -0.2) is 9.59 Å². The normalized spacial score (nSPS) is 10.3. The van der Waals surface area contributed by atoms with Crippen molar-refractivity contribution < 1.29 is 29.3 Å². The molecule has 0 saturated heterocycles. The third-order valence-electron chi connectivity index (χ3n) is 2.93. The van der Waals surface area contributed by atoms with Gasteiger partial charge >= 0.3 is 11.9 Å². The molecule has 0 aliphatic carbocycles. The summed E-state index contributed by atoms with van der Waals surface area (Å²) in [5.74, 6) is -1.87. The molecule has 0 fully saturated rings. The van der Waals surface area contributed by atoms with Crippen LogP contribution >= 0.6 is 0 Å². The average Bonchev–Trinajstić information content (AvgIpc) is 2.46. The number of fused-ring (bicyclic) bond motifs is 1. The van der Waals surface area contributed by atoms with Crippen molar-refractivity contribution in [1.82, 2.24) is 0 Å². The summed E-state index contributed by atoms with van der Waals surface area (Å²) in [4.78, 5) is 23.4. The largest absolute Gasteiger partial charge is 0.507 e. The number of ether oxygens (including phenoxy) is 2. The van der Waals surface area contributed by atoms with Gasteiger partial charge in [0, 0.05) is 10.8 Å². The highest BCUT2D eigenvalue weighted by Gasteiger charge is 2.21. The van der Waals surface area contributed by atoms with Crippen molar-refractivity contribution in [1.29, 1.82) is 0 Å². The minimum absolute atomic E-state index is 0.0414. The van der Waals surface area contributed by atoms with Gasteiger partial charge < -0.3 is 19.7 Å². The maximum Gasteiger partial charge on any atom is 0.338 e. The van der Waals surface area contributed by atoms with Crippen LogP contribution in [0.2, 0.25) is 0 Å². The van der Waals surface area contributed by atoms with Gasteiger partial charge in [-0.2, -0.15) is 0 Å². The maximum atomic E-state index is 11.7. The third kappa shape index (κ3) is 2.01. The predicted octanol–water partition coefficient (Wildman–Crippen LogP) is 1.82. The Kier molecular flexibility index (Phi) is 3.47. The monoisotopic (exact) mass is 276 g/mol. The first-order chi connectivity index (χ1) is 9.51. The van der Waals surface area contributed by atoms with Crippen LogP contribution in [0.15, 0.2) is 24.3 Å². The van der Waals surface area contributed by atoms with Gasteiger partial charge in [0.1, 0.15) is 11.5 Å². The van der Waals surface area contributed by atoms with Crippen LogP contribution < -0.4 is 0 Å². The summed E-state index contributed by atoms with van der Waals surface area (Å²) in [5.41, 5.74) is 0.0899. The topological polar surface area (TPSA) is 93.1 Å². The summed E-state index contributed by atoms with van der Waals surface area (Å²) in [7, 11) is 2.39. The molecule has 2 rings (SSSR count). The SMILES string of the molecule is COC(=O)c1ccc(O)c2c(C(=O)OC)ccc(O)c12. The van der Waals surface area contributed by atoms with Crippen LogP contribution in [-0.2, 0) is 9.47 Å². The molecule has 0 saturated carbocycles. The minimum atomic E-state index is -0.688.